The molecule has 2 saturated heterocycles. The molecule has 3 N–H and O–H groups in total. The largest absolute Gasteiger partial charge is 0.396 e. The van der Waals surface area contributed by atoms with Gasteiger partial charge in [0.25, 0.3) is 0 Å². The maximum atomic E-state index is 10.6. The molecule has 5 atom stereocenters. The minimum Gasteiger partial charge on any atom is -0.396 e. The highest BCUT2D eigenvalue weighted by atomic mass is 16.3. The molecule has 24 heavy (non-hydrogen) atoms. The van der Waals surface area contributed by atoms with Crippen LogP contribution >= 0.6 is 0 Å². The normalized spacial score (nSPS) is 37.4. The summed E-state index contributed by atoms with van der Waals surface area (Å²) in [6, 6.07) is 8.91. The highest BCUT2D eigenvalue weighted by molar-refractivity contribution is 5.85. The predicted octanol–water partition coefficient (Wildman–Crippen LogP) is 2.05. The van der Waals surface area contributed by atoms with Gasteiger partial charge in [0.1, 0.15) is 0 Å². The fraction of sp³-hybridized carbons (Fsp3) is 0.600. The van der Waals surface area contributed by atoms with E-state index in [4.69, 9.17) is 0 Å². The molecule has 4 bridgehead atoms. The highest BCUT2D eigenvalue weighted by Gasteiger charge is 2.57. The van der Waals surface area contributed by atoms with Crippen molar-refractivity contribution in [3.05, 3.63) is 35.5 Å². The lowest BCUT2D eigenvalue weighted by Crippen LogP contribution is -2.65. The number of aromatic nitrogens is 1. The number of benzene rings is 1. The number of aliphatic hydroxyl groups is 2. The summed E-state index contributed by atoms with van der Waals surface area (Å²) < 4.78 is 0. The minimum absolute atomic E-state index is 0.189. The van der Waals surface area contributed by atoms with Gasteiger partial charge in [-0.1, -0.05) is 18.2 Å². The Kier molecular flexibility index (Phi) is 3.31. The van der Waals surface area contributed by atoms with Gasteiger partial charge in [-0.25, -0.2) is 0 Å². The third-order valence-corrected chi connectivity index (χ3v) is 6.93. The van der Waals surface area contributed by atoms with E-state index in [0.717, 1.165) is 32.4 Å². The number of piperidine rings is 2. The van der Waals surface area contributed by atoms with Crippen molar-refractivity contribution in [1.29, 1.82) is 0 Å². The van der Waals surface area contributed by atoms with Crippen LogP contribution in [0.4, 0.5) is 0 Å². The lowest BCUT2D eigenvalue weighted by Gasteiger charge is -2.59. The van der Waals surface area contributed by atoms with Crippen LogP contribution in [0.2, 0.25) is 0 Å². The molecular formula is C20H26N2O2. The number of hydrogen-bond donors (Lipinski definition) is 3. The Bertz CT molecular complexity index is 770. The van der Waals surface area contributed by atoms with Crippen molar-refractivity contribution in [2.24, 2.45) is 11.8 Å². The van der Waals surface area contributed by atoms with Gasteiger partial charge in [-0.3, -0.25) is 4.90 Å². The maximum absolute atomic E-state index is 10.6. The van der Waals surface area contributed by atoms with Gasteiger partial charge in [0.2, 0.25) is 0 Å². The molecule has 0 radical (unpaired) electrons. The zero-order valence-corrected chi connectivity index (χ0v) is 14.0. The van der Waals surface area contributed by atoms with E-state index in [9.17, 15) is 10.2 Å². The van der Waals surface area contributed by atoms with Crippen LogP contribution in [0, 0.1) is 11.8 Å². The Balaban J connectivity index is 1.73. The Morgan fingerprint density at radius 2 is 2.12 bits per heavy atom. The molecule has 1 aromatic carbocycles. The summed E-state index contributed by atoms with van der Waals surface area (Å²) >= 11 is 0. The van der Waals surface area contributed by atoms with E-state index in [-0.39, 0.29) is 18.6 Å². The number of aromatic amines is 1. The van der Waals surface area contributed by atoms with Crippen LogP contribution < -0.4 is 0 Å². The number of nitrogens with one attached hydrogen (secondary N) is 1. The van der Waals surface area contributed by atoms with Crippen LogP contribution in [-0.4, -0.2) is 52.4 Å². The molecule has 1 aliphatic carbocycles. The zero-order valence-electron chi connectivity index (χ0n) is 14.0. The summed E-state index contributed by atoms with van der Waals surface area (Å²) in [5.74, 6) is 1.13. The smallest absolute Gasteiger partial charge is 0.0557 e. The van der Waals surface area contributed by atoms with Crippen LogP contribution in [0.5, 0.6) is 0 Å². The summed E-state index contributed by atoms with van der Waals surface area (Å²) in [6.07, 6.45) is 4.19. The number of aliphatic hydroxyl groups excluding tert-OH is 2. The quantitative estimate of drug-likeness (QED) is 0.809. The summed E-state index contributed by atoms with van der Waals surface area (Å²) in [4.78, 5) is 6.32. The summed E-state index contributed by atoms with van der Waals surface area (Å²) in [5.41, 5.74) is 3.71. The van der Waals surface area contributed by atoms with E-state index in [1.54, 1.807) is 0 Å². The SMILES string of the molecule is OCCC1C[C@@H]2CN3CCc4c([nH]c5ccccc45)C(CO)(C2)C13. The second-order valence-corrected chi connectivity index (χ2v) is 8.11. The molecule has 1 aromatic heterocycles. The molecule has 4 aliphatic rings. The molecule has 0 amide bonds. The standard InChI is InChI=1S/C20H26N2O2/c23-8-6-14-9-13-10-20(12-24)18-16(5-7-22(11-13)19(14)20)15-3-1-2-4-17(15)21-18/h1-4,13-14,19,21,23-24H,5-12H2/t13-,14?,19?,20?/m0/s1. The molecule has 3 aliphatic heterocycles. The lowest BCUT2D eigenvalue weighted by atomic mass is 9.56. The van der Waals surface area contributed by atoms with Crippen LogP contribution in [0.25, 0.3) is 10.9 Å². The second-order valence-electron chi connectivity index (χ2n) is 8.11. The van der Waals surface area contributed by atoms with Gasteiger partial charge in [-0.15, -0.1) is 0 Å². The molecule has 6 rings (SSSR count). The van der Waals surface area contributed by atoms with Gasteiger partial charge in [0.05, 0.1) is 6.61 Å². The van der Waals surface area contributed by atoms with Crippen molar-refractivity contribution in [3.63, 3.8) is 0 Å². The van der Waals surface area contributed by atoms with Crippen molar-refractivity contribution >= 4 is 10.9 Å². The average Bonchev–Trinajstić information content (AvgIpc) is 2.95. The van der Waals surface area contributed by atoms with Gasteiger partial charge >= 0.3 is 0 Å². The van der Waals surface area contributed by atoms with Gasteiger partial charge in [0, 0.05) is 47.8 Å². The number of hydrogen-bond acceptors (Lipinski definition) is 3. The molecule has 3 fully saturated rings. The molecular weight excluding hydrogens is 300 g/mol. The van der Waals surface area contributed by atoms with E-state index >= 15 is 0 Å². The summed E-state index contributed by atoms with van der Waals surface area (Å²) in [6.45, 7) is 2.69. The van der Waals surface area contributed by atoms with Crippen molar-refractivity contribution in [1.82, 2.24) is 9.88 Å². The van der Waals surface area contributed by atoms with Gasteiger partial charge in [-0.2, -0.15) is 0 Å². The third-order valence-electron chi connectivity index (χ3n) is 6.93. The molecule has 128 valence electrons. The first-order chi connectivity index (χ1) is 11.8. The molecule has 4 heteroatoms. The topological polar surface area (TPSA) is 59.5 Å². The fourth-order valence-electron chi connectivity index (χ4n) is 6.26. The van der Waals surface area contributed by atoms with E-state index in [1.165, 1.54) is 28.6 Å². The van der Waals surface area contributed by atoms with Crippen LogP contribution in [-0.2, 0) is 11.8 Å². The molecule has 1 saturated carbocycles. The Morgan fingerprint density at radius 3 is 2.96 bits per heavy atom. The number of para-hydroxylation sites is 1. The van der Waals surface area contributed by atoms with Crippen molar-refractivity contribution < 1.29 is 10.2 Å². The molecule has 4 heterocycles. The first-order valence-electron chi connectivity index (χ1n) is 9.32. The predicted molar refractivity (Wildman–Crippen MR) is 94.0 cm³/mol. The highest BCUT2D eigenvalue weighted by Crippen LogP contribution is 2.54. The van der Waals surface area contributed by atoms with E-state index < -0.39 is 0 Å². The third kappa shape index (κ3) is 1.85. The van der Waals surface area contributed by atoms with Gasteiger partial charge < -0.3 is 15.2 Å². The maximum Gasteiger partial charge on any atom is 0.0557 e. The summed E-state index contributed by atoms with van der Waals surface area (Å²) in [5, 5.41) is 21.5. The zero-order chi connectivity index (χ0) is 16.3. The second kappa shape index (κ2) is 5.32. The van der Waals surface area contributed by atoms with Crippen LogP contribution in [0.3, 0.4) is 0 Å². The molecule has 4 unspecified atom stereocenters. The van der Waals surface area contributed by atoms with Gasteiger partial charge in [0.15, 0.2) is 0 Å². The molecule has 4 nitrogen and oxygen atoms in total. The van der Waals surface area contributed by atoms with Crippen LogP contribution in [0.1, 0.15) is 30.5 Å². The first-order valence-corrected chi connectivity index (χ1v) is 9.32. The Morgan fingerprint density at radius 1 is 1.25 bits per heavy atom. The number of rotatable bonds is 3. The lowest BCUT2D eigenvalue weighted by molar-refractivity contribution is -0.0815. The molecule has 0 spiro atoms. The summed E-state index contributed by atoms with van der Waals surface area (Å²) in [7, 11) is 0. The first kappa shape index (κ1) is 14.9. The number of fused-ring (bicyclic) bond motifs is 4. The van der Waals surface area contributed by atoms with Gasteiger partial charge in [-0.05, 0) is 49.1 Å². The van der Waals surface area contributed by atoms with Crippen molar-refractivity contribution in [2.75, 3.05) is 26.3 Å². The molecule has 2 aromatic rings. The Labute approximate surface area is 142 Å². The number of nitrogens with zero attached hydrogens (tertiary/aromatic N) is 1. The monoisotopic (exact) mass is 326 g/mol. The van der Waals surface area contributed by atoms with Crippen LogP contribution in [0.15, 0.2) is 24.3 Å². The van der Waals surface area contributed by atoms with Crippen molar-refractivity contribution in [3.8, 4) is 0 Å². The van der Waals surface area contributed by atoms with E-state index in [0.29, 0.717) is 17.9 Å². The average molecular weight is 326 g/mol. The minimum atomic E-state index is -0.189. The van der Waals surface area contributed by atoms with E-state index in [1.807, 2.05) is 0 Å². The fourth-order valence-corrected chi connectivity index (χ4v) is 6.26. The Hall–Kier alpha value is -1.36. The van der Waals surface area contributed by atoms with E-state index in [2.05, 4.69) is 34.1 Å². The van der Waals surface area contributed by atoms with Crippen molar-refractivity contribution in [2.45, 2.75) is 37.1 Å². The number of H-pyrrole nitrogens is 1.